The van der Waals surface area contributed by atoms with Crippen molar-refractivity contribution >= 4 is 27.5 Å². The van der Waals surface area contributed by atoms with Gasteiger partial charge >= 0.3 is 0 Å². The molecule has 1 heterocycles. The van der Waals surface area contributed by atoms with Crippen LogP contribution in [0.2, 0.25) is 0 Å². The van der Waals surface area contributed by atoms with Crippen LogP contribution >= 0.6 is 15.9 Å². The van der Waals surface area contributed by atoms with Gasteiger partial charge in [-0.1, -0.05) is 28.1 Å². The molecule has 116 valence electrons. The number of halogens is 1. The van der Waals surface area contributed by atoms with Gasteiger partial charge in [0.05, 0.1) is 17.4 Å². The zero-order valence-corrected chi connectivity index (χ0v) is 14.5. The lowest BCUT2D eigenvalue weighted by Gasteiger charge is -2.08. The van der Waals surface area contributed by atoms with Gasteiger partial charge in [0.25, 0.3) is 5.91 Å². The molecule has 0 aliphatic heterocycles. The molecule has 0 fully saturated rings. The monoisotopic (exact) mass is 369 g/mol. The average molecular weight is 370 g/mol. The fourth-order valence-electron chi connectivity index (χ4n) is 2.24. The number of carbonyl (C=O) groups excluding carboxylic acids is 1. The van der Waals surface area contributed by atoms with E-state index in [9.17, 15) is 4.79 Å². The third-order valence-electron chi connectivity index (χ3n) is 3.58. The van der Waals surface area contributed by atoms with Gasteiger partial charge in [0.15, 0.2) is 0 Å². The van der Waals surface area contributed by atoms with Crippen LogP contribution in [-0.4, -0.2) is 15.7 Å². The molecule has 0 unspecified atom stereocenters. The molecule has 2 aromatic carbocycles. The van der Waals surface area contributed by atoms with Crippen LogP contribution < -0.4 is 5.32 Å². The number of hydrogen-bond acceptors (Lipinski definition) is 2. The van der Waals surface area contributed by atoms with E-state index in [2.05, 4.69) is 26.3 Å². The molecule has 1 aromatic heterocycles. The van der Waals surface area contributed by atoms with Crippen molar-refractivity contribution in [1.29, 1.82) is 0 Å². The number of carbonyl (C=O) groups is 1. The second-order valence-electron chi connectivity index (χ2n) is 5.42. The summed E-state index contributed by atoms with van der Waals surface area (Å²) in [4.78, 5) is 12.4. The molecule has 1 amide bonds. The number of rotatable bonds is 3. The molecule has 3 rings (SSSR count). The second kappa shape index (κ2) is 6.38. The van der Waals surface area contributed by atoms with Crippen LogP contribution in [0, 0.1) is 13.8 Å². The van der Waals surface area contributed by atoms with Crippen molar-refractivity contribution in [1.82, 2.24) is 9.78 Å². The highest BCUT2D eigenvalue weighted by molar-refractivity contribution is 9.10. The van der Waals surface area contributed by atoms with E-state index >= 15 is 0 Å². The van der Waals surface area contributed by atoms with Gasteiger partial charge in [0, 0.05) is 16.4 Å². The maximum absolute atomic E-state index is 12.4. The molecule has 4 nitrogen and oxygen atoms in total. The minimum absolute atomic E-state index is 0.165. The van der Waals surface area contributed by atoms with Gasteiger partial charge in [-0.05, 0) is 55.3 Å². The SMILES string of the molecule is Cc1ccc(C)c(NC(=O)c2cnn(-c3ccc(Br)cc3)c2)c1. The number of aryl methyl sites for hydroxylation is 2. The Morgan fingerprint density at radius 1 is 1.13 bits per heavy atom. The number of benzene rings is 2. The van der Waals surface area contributed by atoms with Gasteiger partial charge in [-0.2, -0.15) is 5.10 Å². The zero-order chi connectivity index (χ0) is 16.4. The van der Waals surface area contributed by atoms with Crippen LogP contribution in [0.4, 0.5) is 5.69 Å². The molecule has 0 aliphatic carbocycles. The quantitative estimate of drug-likeness (QED) is 0.738. The van der Waals surface area contributed by atoms with Crippen LogP contribution in [0.25, 0.3) is 5.69 Å². The van der Waals surface area contributed by atoms with Crippen molar-refractivity contribution in [2.75, 3.05) is 5.32 Å². The third-order valence-corrected chi connectivity index (χ3v) is 4.11. The van der Waals surface area contributed by atoms with Crippen LogP contribution in [0.5, 0.6) is 0 Å². The summed E-state index contributed by atoms with van der Waals surface area (Å²) in [5, 5.41) is 7.20. The minimum Gasteiger partial charge on any atom is -0.322 e. The molecule has 0 saturated carbocycles. The van der Waals surface area contributed by atoms with Crippen LogP contribution in [0.15, 0.2) is 59.3 Å². The summed E-state index contributed by atoms with van der Waals surface area (Å²) in [5.74, 6) is -0.165. The summed E-state index contributed by atoms with van der Waals surface area (Å²) in [6.45, 7) is 3.97. The maximum atomic E-state index is 12.4. The predicted octanol–water partition coefficient (Wildman–Crippen LogP) is 4.50. The minimum atomic E-state index is -0.165. The summed E-state index contributed by atoms with van der Waals surface area (Å²) in [5.41, 5.74) is 4.39. The Hall–Kier alpha value is -2.40. The Kier molecular flexibility index (Phi) is 4.30. The summed E-state index contributed by atoms with van der Waals surface area (Å²) in [6, 6.07) is 13.7. The summed E-state index contributed by atoms with van der Waals surface area (Å²) in [6.07, 6.45) is 3.30. The maximum Gasteiger partial charge on any atom is 0.258 e. The first kappa shape index (κ1) is 15.5. The number of nitrogens with one attached hydrogen (secondary N) is 1. The molecule has 0 radical (unpaired) electrons. The van der Waals surface area contributed by atoms with Gasteiger partial charge in [0.1, 0.15) is 0 Å². The fourth-order valence-corrected chi connectivity index (χ4v) is 2.50. The molecule has 0 atom stereocenters. The van der Waals surface area contributed by atoms with Gasteiger partial charge in [0.2, 0.25) is 0 Å². The Morgan fingerprint density at radius 2 is 1.87 bits per heavy atom. The van der Waals surface area contributed by atoms with Crippen LogP contribution in [-0.2, 0) is 0 Å². The Balaban J connectivity index is 1.81. The van der Waals surface area contributed by atoms with Gasteiger partial charge in [-0.15, -0.1) is 0 Å². The van der Waals surface area contributed by atoms with E-state index in [0.717, 1.165) is 27.0 Å². The highest BCUT2D eigenvalue weighted by Gasteiger charge is 2.11. The van der Waals surface area contributed by atoms with Crippen LogP contribution in [0.1, 0.15) is 21.5 Å². The van der Waals surface area contributed by atoms with Crippen molar-refractivity contribution in [2.24, 2.45) is 0 Å². The standard InChI is InChI=1S/C18H16BrN3O/c1-12-3-4-13(2)17(9-12)21-18(23)14-10-20-22(11-14)16-7-5-15(19)6-8-16/h3-11H,1-2H3,(H,21,23). The predicted molar refractivity (Wildman–Crippen MR) is 95.1 cm³/mol. The number of amides is 1. The van der Waals surface area contributed by atoms with E-state index < -0.39 is 0 Å². The zero-order valence-electron chi connectivity index (χ0n) is 12.9. The summed E-state index contributed by atoms with van der Waals surface area (Å²) in [7, 11) is 0. The number of anilines is 1. The Bertz CT molecular complexity index is 853. The van der Waals surface area contributed by atoms with Crippen molar-refractivity contribution < 1.29 is 4.79 Å². The van der Waals surface area contributed by atoms with Crippen molar-refractivity contribution in [3.8, 4) is 5.69 Å². The number of hydrogen-bond donors (Lipinski definition) is 1. The summed E-state index contributed by atoms with van der Waals surface area (Å²) >= 11 is 3.40. The van der Waals surface area contributed by atoms with E-state index in [1.54, 1.807) is 17.1 Å². The van der Waals surface area contributed by atoms with E-state index in [1.165, 1.54) is 0 Å². The number of nitrogens with zero attached hydrogens (tertiary/aromatic N) is 2. The smallest absolute Gasteiger partial charge is 0.258 e. The molecule has 5 heteroatoms. The summed E-state index contributed by atoms with van der Waals surface area (Å²) < 4.78 is 2.69. The molecular formula is C18H16BrN3O. The van der Waals surface area contributed by atoms with Crippen LogP contribution in [0.3, 0.4) is 0 Å². The van der Waals surface area contributed by atoms with Crippen molar-refractivity contribution in [2.45, 2.75) is 13.8 Å². The molecule has 1 N–H and O–H groups in total. The largest absolute Gasteiger partial charge is 0.322 e. The molecule has 0 spiro atoms. The first-order chi connectivity index (χ1) is 11.0. The lowest BCUT2D eigenvalue weighted by Crippen LogP contribution is -2.12. The molecule has 0 saturated heterocycles. The topological polar surface area (TPSA) is 46.9 Å². The van der Waals surface area contributed by atoms with E-state index in [-0.39, 0.29) is 5.91 Å². The van der Waals surface area contributed by atoms with E-state index in [1.807, 2.05) is 56.3 Å². The number of aromatic nitrogens is 2. The van der Waals surface area contributed by atoms with Gasteiger partial charge < -0.3 is 5.32 Å². The first-order valence-electron chi connectivity index (χ1n) is 7.22. The van der Waals surface area contributed by atoms with E-state index in [0.29, 0.717) is 5.56 Å². The van der Waals surface area contributed by atoms with Crippen molar-refractivity contribution in [3.05, 3.63) is 76.0 Å². The average Bonchev–Trinajstić information content (AvgIpc) is 3.02. The second-order valence-corrected chi connectivity index (χ2v) is 6.34. The van der Waals surface area contributed by atoms with E-state index in [4.69, 9.17) is 0 Å². The highest BCUT2D eigenvalue weighted by Crippen LogP contribution is 2.18. The van der Waals surface area contributed by atoms with Gasteiger partial charge in [-0.25, -0.2) is 4.68 Å². The third kappa shape index (κ3) is 3.51. The fraction of sp³-hybridized carbons (Fsp3) is 0.111. The highest BCUT2D eigenvalue weighted by atomic mass is 79.9. The van der Waals surface area contributed by atoms with Crippen molar-refractivity contribution in [3.63, 3.8) is 0 Å². The first-order valence-corrected chi connectivity index (χ1v) is 8.01. The molecule has 23 heavy (non-hydrogen) atoms. The van der Waals surface area contributed by atoms with Gasteiger partial charge in [-0.3, -0.25) is 4.79 Å². The lowest BCUT2D eigenvalue weighted by atomic mass is 10.1. The molecule has 0 bridgehead atoms. The Morgan fingerprint density at radius 3 is 2.61 bits per heavy atom. The molecule has 0 aliphatic rings. The lowest BCUT2D eigenvalue weighted by molar-refractivity contribution is 0.102. The molecule has 3 aromatic rings. The molecular weight excluding hydrogens is 354 g/mol. The normalized spacial score (nSPS) is 10.6. The Labute approximate surface area is 143 Å².